The summed E-state index contributed by atoms with van der Waals surface area (Å²) in [5.74, 6) is -0.478. The van der Waals surface area contributed by atoms with E-state index in [1.54, 1.807) is 18.2 Å². The number of rotatable bonds is 8. The van der Waals surface area contributed by atoms with Crippen LogP contribution in [0.25, 0.3) is 6.08 Å². The van der Waals surface area contributed by atoms with Crippen molar-refractivity contribution in [2.45, 2.75) is 19.4 Å². The summed E-state index contributed by atoms with van der Waals surface area (Å²) in [5, 5.41) is 9.85. The maximum Gasteiger partial charge on any atom is 0.303 e. The zero-order valence-electron chi connectivity index (χ0n) is 15.6. The van der Waals surface area contributed by atoms with Crippen LogP contribution in [0, 0.1) is 0 Å². The predicted octanol–water partition coefficient (Wildman–Crippen LogP) is 5.64. The van der Waals surface area contributed by atoms with Crippen LogP contribution in [0.3, 0.4) is 0 Å². The first-order valence-electron chi connectivity index (χ1n) is 8.97. The molecular weight excluding hydrogens is 465 g/mol. The third kappa shape index (κ3) is 5.98. The van der Waals surface area contributed by atoms with Gasteiger partial charge < -0.3 is 9.84 Å². The summed E-state index contributed by atoms with van der Waals surface area (Å²) in [7, 11) is 0. The van der Waals surface area contributed by atoms with Crippen molar-refractivity contribution in [2.75, 3.05) is 6.54 Å². The van der Waals surface area contributed by atoms with Gasteiger partial charge in [-0.1, -0.05) is 65.4 Å². The highest BCUT2D eigenvalue weighted by atomic mass is 35.5. The summed E-state index contributed by atoms with van der Waals surface area (Å²) in [4.78, 5) is 25.2. The van der Waals surface area contributed by atoms with Crippen molar-refractivity contribution in [1.82, 2.24) is 4.90 Å². The van der Waals surface area contributed by atoms with E-state index in [-0.39, 0.29) is 18.9 Å². The van der Waals surface area contributed by atoms with Crippen LogP contribution in [0.1, 0.15) is 24.0 Å². The molecule has 2 aromatic rings. The number of hydrogen-bond donors (Lipinski definition) is 1. The molecule has 1 fully saturated rings. The quantitative estimate of drug-likeness (QED) is 0.388. The predicted molar refractivity (Wildman–Crippen MR) is 124 cm³/mol. The number of carboxylic acids is 1. The van der Waals surface area contributed by atoms with Crippen LogP contribution in [0.5, 0.6) is 5.75 Å². The maximum absolute atomic E-state index is 12.6. The average molecular weight is 482 g/mol. The topological polar surface area (TPSA) is 66.8 Å². The van der Waals surface area contributed by atoms with Gasteiger partial charge in [0.2, 0.25) is 0 Å². The van der Waals surface area contributed by atoms with Gasteiger partial charge in [0.25, 0.3) is 5.91 Å². The number of thioether (sulfide) groups is 1. The van der Waals surface area contributed by atoms with Crippen molar-refractivity contribution in [2.24, 2.45) is 0 Å². The number of halogens is 2. The van der Waals surface area contributed by atoms with Gasteiger partial charge in [-0.3, -0.25) is 14.5 Å². The largest absolute Gasteiger partial charge is 0.489 e. The zero-order valence-corrected chi connectivity index (χ0v) is 18.8. The lowest BCUT2D eigenvalue weighted by Crippen LogP contribution is -2.29. The van der Waals surface area contributed by atoms with E-state index in [9.17, 15) is 9.59 Å². The lowest BCUT2D eigenvalue weighted by molar-refractivity contribution is -0.137. The van der Waals surface area contributed by atoms with Crippen molar-refractivity contribution in [3.8, 4) is 5.75 Å². The minimum Gasteiger partial charge on any atom is -0.489 e. The fourth-order valence-corrected chi connectivity index (χ4v) is 4.50. The van der Waals surface area contributed by atoms with E-state index >= 15 is 0 Å². The summed E-state index contributed by atoms with van der Waals surface area (Å²) in [6.07, 6.45) is 2.09. The lowest BCUT2D eigenvalue weighted by atomic mass is 10.2. The highest BCUT2D eigenvalue weighted by molar-refractivity contribution is 8.26. The Kier molecular flexibility index (Phi) is 7.77. The second-order valence-electron chi connectivity index (χ2n) is 6.43. The number of carboxylic acid groups (broad SMARTS) is 1. The van der Waals surface area contributed by atoms with Crippen molar-refractivity contribution in [1.29, 1.82) is 0 Å². The molecule has 1 amide bonds. The molecule has 2 aromatic carbocycles. The van der Waals surface area contributed by atoms with E-state index in [0.717, 1.165) is 11.1 Å². The number of thiocarbonyl (C=S) groups is 1. The van der Waals surface area contributed by atoms with E-state index in [1.807, 2.05) is 30.3 Å². The summed E-state index contributed by atoms with van der Waals surface area (Å²) in [5.41, 5.74) is 1.61. The number of carbonyl (C=O) groups excluding carboxylic acids is 1. The number of ether oxygens (including phenoxy) is 1. The number of aliphatic carboxylic acids is 1. The Hall–Kier alpha value is -2.06. The molecule has 0 radical (unpaired) electrons. The Morgan fingerprint density at radius 2 is 2.03 bits per heavy atom. The standard InChI is InChI=1S/C21H17Cl2NO4S2/c22-15-7-6-14(17(23)11-15)12-28-16-4-1-3-13(9-16)10-18-20(27)24(21(29)30-18)8-2-5-19(25)26/h1,3-4,6-7,9-11H,2,5,8,12H2,(H,25,26)/b18-10+. The molecular formula is C21H17Cl2NO4S2. The molecule has 30 heavy (non-hydrogen) atoms. The van der Waals surface area contributed by atoms with Gasteiger partial charge in [0.15, 0.2) is 0 Å². The molecule has 1 saturated heterocycles. The van der Waals surface area contributed by atoms with E-state index in [2.05, 4.69) is 0 Å². The smallest absolute Gasteiger partial charge is 0.303 e. The average Bonchev–Trinajstić information content (AvgIpc) is 2.95. The number of nitrogens with zero attached hydrogens (tertiary/aromatic N) is 1. The van der Waals surface area contributed by atoms with Crippen LogP contribution in [0.4, 0.5) is 0 Å². The summed E-state index contributed by atoms with van der Waals surface area (Å²) < 4.78 is 6.25. The van der Waals surface area contributed by atoms with Crippen molar-refractivity contribution >= 4 is 69.5 Å². The van der Waals surface area contributed by atoms with E-state index in [0.29, 0.717) is 38.0 Å². The van der Waals surface area contributed by atoms with Gasteiger partial charge in [0.1, 0.15) is 16.7 Å². The van der Waals surface area contributed by atoms with E-state index < -0.39 is 5.97 Å². The molecule has 0 unspecified atom stereocenters. The molecule has 156 valence electrons. The first-order valence-corrected chi connectivity index (χ1v) is 11.0. The highest BCUT2D eigenvalue weighted by Crippen LogP contribution is 2.33. The third-order valence-corrected chi connectivity index (χ3v) is 6.18. The SMILES string of the molecule is O=C(O)CCCN1C(=O)/C(=C\c2cccc(OCc3ccc(Cl)cc3Cl)c2)SC1=S. The second kappa shape index (κ2) is 10.3. The summed E-state index contributed by atoms with van der Waals surface area (Å²) >= 11 is 18.6. The second-order valence-corrected chi connectivity index (χ2v) is 8.95. The Bertz CT molecular complexity index is 1030. The van der Waals surface area contributed by atoms with Crippen LogP contribution < -0.4 is 4.74 Å². The number of benzene rings is 2. The fraction of sp³-hybridized carbons (Fsp3) is 0.190. The van der Waals surface area contributed by atoms with Crippen LogP contribution in [0.15, 0.2) is 47.4 Å². The van der Waals surface area contributed by atoms with Crippen LogP contribution in [-0.4, -0.2) is 32.7 Å². The third-order valence-electron chi connectivity index (χ3n) is 4.21. The molecule has 9 heteroatoms. The minimum absolute atomic E-state index is 0.00682. The van der Waals surface area contributed by atoms with Crippen molar-refractivity contribution in [3.63, 3.8) is 0 Å². The molecule has 1 heterocycles. The van der Waals surface area contributed by atoms with Gasteiger partial charge in [-0.25, -0.2) is 0 Å². The van der Waals surface area contributed by atoms with Crippen molar-refractivity contribution in [3.05, 3.63) is 68.5 Å². The van der Waals surface area contributed by atoms with Gasteiger partial charge in [0.05, 0.1) is 4.91 Å². The molecule has 0 aliphatic carbocycles. The van der Waals surface area contributed by atoms with E-state index in [4.69, 9.17) is 45.3 Å². The molecule has 0 atom stereocenters. The number of carbonyl (C=O) groups is 2. The van der Waals surface area contributed by atoms with Crippen molar-refractivity contribution < 1.29 is 19.4 Å². The Morgan fingerprint density at radius 1 is 1.23 bits per heavy atom. The first-order chi connectivity index (χ1) is 14.3. The van der Waals surface area contributed by atoms with Gasteiger partial charge >= 0.3 is 5.97 Å². The minimum atomic E-state index is -0.896. The monoisotopic (exact) mass is 481 g/mol. The van der Waals surface area contributed by atoms with Crippen LogP contribution in [0.2, 0.25) is 10.0 Å². The molecule has 3 rings (SSSR count). The van der Waals surface area contributed by atoms with Crippen LogP contribution >= 0.6 is 47.2 Å². The highest BCUT2D eigenvalue weighted by Gasteiger charge is 2.31. The molecule has 0 saturated carbocycles. The van der Waals surface area contributed by atoms with Gasteiger partial charge in [-0.05, 0) is 42.3 Å². The lowest BCUT2D eigenvalue weighted by Gasteiger charge is -2.13. The first kappa shape index (κ1) is 22.6. The molecule has 0 aromatic heterocycles. The van der Waals surface area contributed by atoms with Gasteiger partial charge in [-0.2, -0.15) is 0 Å². The number of amides is 1. The van der Waals surface area contributed by atoms with E-state index in [1.165, 1.54) is 16.7 Å². The molecule has 0 spiro atoms. The summed E-state index contributed by atoms with van der Waals surface area (Å²) in [6.45, 7) is 0.574. The fourth-order valence-electron chi connectivity index (χ4n) is 2.73. The normalized spacial score (nSPS) is 15.1. The zero-order chi connectivity index (χ0) is 21.7. The van der Waals surface area contributed by atoms with Gasteiger partial charge in [0, 0.05) is 28.6 Å². The number of hydrogen-bond acceptors (Lipinski definition) is 5. The molecule has 1 N–H and O–H groups in total. The Balaban J connectivity index is 1.66. The van der Waals surface area contributed by atoms with Gasteiger partial charge in [-0.15, -0.1) is 0 Å². The molecule has 1 aliphatic heterocycles. The Morgan fingerprint density at radius 3 is 2.77 bits per heavy atom. The van der Waals surface area contributed by atoms with Crippen LogP contribution in [-0.2, 0) is 16.2 Å². The summed E-state index contributed by atoms with van der Waals surface area (Å²) in [6, 6.07) is 12.6. The maximum atomic E-state index is 12.6. The molecule has 5 nitrogen and oxygen atoms in total. The Labute approximate surface area is 193 Å². The molecule has 1 aliphatic rings. The molecule has 0 bridgehead atoms.